The van der Waals surface area contributed by atoms with Crippen molar-refractivity contribution in [1.29, 1.82) is 0 Å². The number of amides is 1. The molecule has 0 radical (unpaired) electrons. The number of hydrogen-bond donors (Lipinski definition) is 1. The third-order valence-corrected chi connectivity index (χ3v) is 4.87. The lowest BCUT2D eigenvalue weighted by molar-refractivity contribution is -0.148. The molecule has 1 aliphatic heterocycles. The first kappa shape index (κ1) is 15.3. The van der Waals surface area contributed by atoms with Crippen LogP contribution in [0.1, 0.15) is 36.5 Å². The highest BCUT2D eigenvalue weighted by molar-refractivity contribution is 14.1. The molecular formula is C15H18INO3. The summed E-state index contributed by atoms with van der Waals surface area (Å²) in [6.45, 7) is 2.82. The Balaban J connectivity index is 2.19. The molecule has 1 aliphatic rings. The lowest BCUT2D eigenvalue weighted by Crippen LogP contribution is -2.37. The minimum atomic E-state index is -0.780. The Labute approximate surface area is 132 Å². The molecule has 4 nitrogen and oxygen atoms in total. The van der Waals surface area contributed by atoms with E-state index in [2.05, 4.69) is 22.6 Å². The number of halogens is 1. The second-order valence-corrected chi connectivity index (χ2v) is 6.45. The molecule has 0 spiro atoms. The average molecular weight is 387 g/mol. The molecule has 0 bridgehead atoms. The Morgan fingerprint density at radius 3 is 2.70 bits per heavy atom. The number of rotatable bonds is 4. The molecule has 1 aromatic rings. The van der Waals surface area contributed by atoms with E-state index < -0.39 is 11.4 Å². The van der Waals surface area contributed by atoms with E-state index in [1.165, 1.54) is 0 Å². The van der Waals surface area contributed by atoms with Crippen LogP contribution in [0.15, 0.2) is 24.3 Å². The Morgan fingerprint density at radius 2 is 2.10 bits per heavy atom. The molecule has 0 aromatic heterocycles. The van der Waals surface area contributed by atoms with E-state index in [1.807, 2.05) is 25.1 Å². The van der Waals surface area contributed by atoms with Crippen LogP contribution in [0.25, 0.3) is 0 Å². The van der Waals surface area contributed by atoms with Gasteiger partial charge in [0.2, 0.25) is 0 Å². The molecule has 0 aliphatic carbocycles. The van der Waals surface area contributed by atoms with Gasteiger partial charge in [0.05, 0.1) is 11.0 Å². The first-order chi connectivity index (χ1) is 9.50. The topological polar surface area (TPSA) is 57.6 Å². The molecule has 2 rings (SSSR count). The van der Waals surface area contributed by atoms with Crippen LogP contribution in [0.4, 0.5) is 0 Å². The van der Waals surface area contributed by atoms with Gasteiger partial charge >= 0.3 is 5.97 Å². The zero-order valence-corrected chi connectivity index (χ0v) is 13.6. The lowest BCUT2D eigenvalue weighted by atomic mass is 9.83. The summed E-state index contributed by atoms with van der Waals surface area (Å²) in [5, 5.41) is 9.48. The average Bonchev–Trinajstić information content (AvgIpc) is 2.85. The van der Waals surface area contributed by atoms with Crippen molar-refractivity contribution in [2.24, 2.45) is 5.41 Å². The molecule has 108 valence electrons. The van der Waals surface area contributed by atoms with Crippen molar-refractivity contribution in [2.45, 2.75) is 26.2 Å². The number of carboxylic acids is 1. The van der Waals surface area contributed by atoms with Gasteiger partial charge in [-0.2, -0.15) is 0 Å². The summed E-state index contributed by atoms with van der Waals surface area (Å²) in [6.07, 6.45) is 1.99. The van der Waals surface area contributed by atoms with Crippen LogP contribution in [0.2, 0.25) is 0 Å². The fourth-order valence-electron chi connectivity index (χ4n) is 2.81. The van der Waals surface area contributed by atoms with Crippen LogP contribution in [0.5, 0.6) is 0 Å². The molecule has 1 unspecified atom stereocenters. The number of likely N-dealkylation sites (tertiary alicyclic amines) is 1. The number of nitrogens with zero attached hydrogens (tertiary/aromatic N) is 1. The zero-order chi connectivity index (χ0) is 14.8. The van der Waals surface area contributed by atoms with Crippen molar-refractivity contribution in [2.75, 3.05) is 13.1 Å². The van der Waals surface area contributed by atoms with E-state index in [1.54, 1.807) is 11.0 Å². The van der Waals surface area contributed by atoms with Crippen LogP contribution < -0.4 is 0 Å². The molecule has 1 saturated heterocycles. The van der Waals surface area contributed by atoms with Crippen LogP contribution in [0.3, 0.4) is 0 Å². The van der Waals surface area contributed by atoms with Crippen molar-refractivity contribution < 1.29 is 14.7 Å². The summed E-state index contributed by atoms with van der Waals surface area (Å²) in [5.74, 6) is -0.841. The second kappa shape index (κ2) is 6.11. The molecular weight excluding hydrogens is 369 g/mol. The molecule has 1 aromatic carbocycles. The molecule has 1 heterocycles. The maximum absolute atomic E-state index is 12.5. The lowest BCUT2D eigenvalue weighted by Gasteiger charge is -2.24. The Bertz CT molecular complexity index is 532. The Kier molecular flexibility index (Phi) is 4.67. The third-order valence-electron chi connectivity index (χ3n) is 3.93. The summed E-state index contributed by atoms with van der Waals surface area (Å²) < 4.78 is 0.901. The predicted molar refractivity (Wildman–Crippen MR) is 84.7 cm³/mol. The van der Waals surface area contributed by atoms with Crippen molar-refractivity contribution in [3.05, 3.63) is 33.4 Å². The van der Waals surface area contributed by atoms with Crippen LogP contribution in [0, 0.1) is 8.99 Å². The zero-order valence-electron chi connectivity index (χ0n) is 11.4. The SMILES string of the molecule is CCCC1(C(=O)O)CCN(C(=O)c2ccccc2I)C1. The largest absolute Gasteiger partial charge is 0.481 e. The van der Waals surface area contributed by atoms with Crippen molar-refractivity contribution >= 4 is 34.5 Å². The monoisotopic (exact) mass is 387 g/mol. The van der Waals surface area contributed by atoms with Gasteiger partial charge in [-0.1, -0.05) is 25.5 Å². The van der Waals surface area contributed by atoms with Gasteiger partial charge in [0, 0.05) is 16.7 Å². The van der Waals surface area contributed by atoms with Crippen molar-refractivity contribution in [1.82, 2.24) is 4.90 Å². The van der Waals surface area contributed by atoms with Gasteiger partial charge < -0.3 is 10.0 Å². The van der Waals surface area contributed by atoms with Crippen LogP contribution >= 0.6 is 22.6 Å². The Morgan fingerprint density at radius 1 is 1.40 bits per heavy atom. The van der Waals surface area contributed by atoms with E-state index in [0.717, 1.165) is 9.99 Å². The van der Waals surface area contributed by atoms with Gasteiger partial charge in [0.1, 0.15) is 0 Å². The number of hydrogen-bond acceptors (Lipinski definition) is 2. The van der Waals surface area contributed by atoms with Gasteiger partial charge in [0.25, 0.3) is 5.91 Å². The third kappa shape index (κ3) is 2.82. The van der Waals surface area contributed by atoms with Crippen LogP contribution in [-0.2, 0) is 4.79 Å². The van der Waals surface area contributed by atoms with Gasteiger partial charge in [-0.15, -0.1) is 0 Å². The molecule has 5 heteroatoms. The van der Waals surface area contributed by atoms with E-state index in [0.29, 0.717) is 31.5 Å². The highest BCUT2D eigenvalue weighted by atomic mass is 127. The highest BCUT2D eigenvalue weighted by Gasteiger charge is 2.45. The molecule has 1 N–H and O–H groups in total. The molecule has 1 fully saturated rings. The predicted octanol–water partition coefficient (Wildman–Crippen LogP) is 3.01. The van der Waals surface area contributed by atoms with Gasteiger partial charge in [-0.05, 0) is 47.6 Å². The summed E-state index contributed by atoms with van der Waals surface area (Å²) in [5.41, 5.74) is -0.101. The smallest absolute Gasteiger partial charge is 0.311 e. The fraction of sp³-hybridized carbons (Fsp3) is 0.467. The van der Waals surface area contributed by atoms with E-state index >= 15 is 0 Å². The first-order valence-electron chi connectivity index (χ1n) is 6.77. The quantitative estimate of drug-likeness (QED) is 0.809. The number of carbonyl (C=O) groups excluding carboxylic acids is 1. The van der Waals surface area contributed by atoms with Gasteiger partial charge in [-0.25, -0.2) is 0 Å². The van der Waals surface area contributed by atoms with Crippen molar-refractivity contribution in [3.8, 4) is 0 Å². The van der Waals surface area contributed by atoms with E-state index in [4.69, 9.17) is 0 Å². The number of benzene rings is 1. The second-order valence-electron chi connectivity index (χ2n) is 5.29. The van der Waals surface area contributed by atoms with Gasteiger partial charge in [0.15, 0.2) is 0 Å². The van der Waals surface area contributed by atoms with Crippen molar-refractivity contribution in [3.63, 3.8) is 0 Å². The summed E-state index contributed by atoms with van der Waals surface area (Å²) >= 11 is 2.14. The minimum absolute atomic E-state index is 0.0609. The normalized spacial score (nSPS) is 22.0. The van der Waals surface area contributed by atoms with E-state index in [9.17, 15) is 14.7 Å². The molecule has 1 amide bonds. The number of carboxylic acid groups (broad SMARTS) is 1. The number of carbonyl (C=O) groups is 2. The fourth-order valence-corrected chi connectivity index (χ4v) is 3.43. The van der Waals surface area contributed by atoms with E-state index in [-0.39, 0.29) is 5.91 Å². The Hall–Kier alpha value is -1.11. The summed E-state index contributed by atoms with van der Waals surface area (Å²) in [4.78, 5) is 25.7. The summed E-state index contributed by atoms with van der Waals surface area (Å²) in [7, 11) is 0. The van der Waals surface area contributed by atoms with Gasteiger partial charge in [-0.3, -0.25) is 9.59 Å². The molecule has 1 atom stereocenters. The molecule has 0 saturated carbocycles. The van der Waals surface area contributed by atoms with Crippen LogP contribution in [-0.4, -0.2) is 35.0 Å². The maximum Gasteiger partial charge on any atom is 0.311 e. The standard InChI is InChI=1S/C15H18INO3/c1-2-7-15(14(19)20)8-9-17(10-15)13(18)11-5-3-4-6-12(11)16/h3-6H,2,7-10H2,1H3,(H,19,20). The molecule has 20 heavy (non-hydrogen) atoms. The summed E-state index contributed by atoms with van der Waals surface area (Å²) in [6, 6.07) is 7.41. The first-order valence-corrected chi connectivity index (χ1v) is 7.85. The highest BCUT2D eigenvalue weighted by Crippen LogP contribution is 2.36. The minimum Gasteiger partial charge on any atom is -0.481 e. The number of aliphatic carboxylic acids is 1. The maximum atomic E-state index is 12.5.